The maximum absolute atomic E-state index is 6.04. The fourth-order valence-corrected chi connectivity index (χ4v) is 3.40. The van der Waals surface area contributed by atoms with E-state index in [2.05, 4.69) is 15.5 Å². The van der Waals surface area contributed by atoms with E-state index in [9.17, 15) is 0 Å². The van der Waals surface area contributed by atoms with Gasteiger partial charge in [-0.3, -0.25) is 0 Å². The summed E-state index contributed by atoms with van der Waals surface area (Å²) in [4.78, 5) is 4.22. The van der Waals surface area contributed by atoms with Gasteiger partial charge >= 0.3 is 0 Å². The summed E-state index contributed by atoms with van der Waals surface area (Å²) in [6.45, 7) is 3.64. The van der Waals surface area contributed by atoms with Crippen LogP contribution in [0, 0.1) is 6.92 Å². The standard InChI is InChI=1S/C14H23N3O2/c1-11-16-13(17-19-11)4-8-15-12-5-9-18-14(10-12)6-2-3-7-14/h12,15H,2-10H2,1H3. The fourth-order valence-electron chi connectivity index (χ4n) is 3.40. The Morgan fingerprint density at radius 1 is 1.37 bits per heavy atom. The second-order valence-electron chi connectivity index (χ2n) is 5.86. The molecule has 1 aromatic rings. The number of aromatic nitrogens is 2. The third-order valence-electron chi connectivity index (χ3n) is 4.36. The molecule has 1 N–H and O–H groups in total. The predicted molar refractivity (Wildman–Crippen MR) is 70.9 cm³/mol. The van der Waals surface area contributed by atoms with E-state index in [4.69, 9.17) is 9.26 Å². The van der Waals surface area contributed by atoms with Crippen molar-refractivity contribution in [2.75, 3.05) is 13.2 Å². The molecular weight excluding hydrogens is 242 g/mol. The van der Waals surface area contributed by atoms with Crippen LogP contribution in [0.4, 0.5) is 0 Å². The van der Waals surface area contributed by atoms with Crippen molar-refractivity contribution >= 4 is 0 Å². The minimum atomic E-state index is 0.193. The Kier molecular flexibility index (Phi) is 3.84. The van der Waals surface area contributed by atoms with Crippen molar-refractivity contribution in [3.8, 4) is 0 Å². The van der Waals surface area contributed by atoms with E-state index < -0.39 is 0 Å². The van der Waals surface area contributed by atoms with E-state index in [0.717, 1.165) is 38.2 Å². The number of rotatable bonds is 4. The van der Waals surface area contributed by atoms with Crippen LogP contribution in [0.15, 0.2) is 4.52 Å². The van der Waals surface area contributed by atoms with E-state index >= 15 is 0 Å². The van der Waals surface area contributed by atoms with Crippen LogP contribution in [0.5, 0.6) is 0 Å². The third kappa shape index (κ3) is 3.15. The van der Waals surface area contributed by atoms with E-state index in [-0.39, 0.29) is 5.60 Å². The number of nitrogens with zero attached hydrogens (tertiary/aromatic N) is 2. The zero-order valence-corrected chi connectivity index (χ0v) is 11.7. The molecule has 1 saturated carbocycles. The number of hydrogen-bond acceptors (Lipinski definition) is 5. The van der Waals surface area contributed by atoms with Gasteiger partial charge in [0.2, 0.25) is 5.89 Å². The molecular formula is C14H23N3O2. The Bertz CT molecular complexity index is 413. The molecule has 1 saturated heterocycles. The van der Waals surface area contributed by atoms with Crippen LogP contribution in [0.3, 0.4) is 0 Å². The van der Waals surface area contributed by atoms with Gasteiger partial charge in [-0.15, -0.1) is 0 Å². The van der Waals surface area contributed by atoms with Crippen LogP contribution in [0.1, 0.15) is 50.2 Å². The first-order valence-corrected chi connectivity index (χ1v) is 7.42. The summed E-state index contributed by atoms with van der Waals surface area (Å²) in [7, 11) is 0. The average Bonchev–Trinajstić information content (AvgIpc) is 3.00. The smallest absolute Gasteiger partial charge is 0.223 e. The van der Waals surface area contributed by atoms with Gasteiger partial charge in [-0.1, -0.05) is 18.0 Å². The number of nitrogens with one attached hydrogen (secondary N) is 1. The molecule has 0 bridgehead atoms. The molecule has 2 heterocycles. The lowest BCUT2D eigenvalue weighted by Crippen LogP contribution is -2.46. The van der Waals surface area contributed by atoms with Gasteiger partial charge in [0.25, 0.3) is 0 Å². The molecule has 1 aliphatic heterocycles. The molecule has 2 fully saturated rings. The Hall–Kier alpha value is -0.940. The monoisotopic (exact) mass is 265 g/mol. The number of aryl methyl sites for hydroxylation is 1. The highest BCUT2D eigenvalue weighted by atomic mass is 16.5. The van der Waals surface area contributed by atoms with Crippen molar-refractivity contribution in [3.63, 3.8) is 0 Å². The molecule has 0 amide bonds. The topological polar surface area (TPSA) is 60.2 Å². The summed E-state index contributed by atoms with van der Waals surface area (Å²) in [6.07, 6.45) is 8.27. The molecule has 106 valence electrons. The highest BCUT2D eigenvalue weighted by molar-refractivity contribution is 4.94. The van der Waals surface area contributed by atoms with Crippen LogP contribution in [0.25, 0.3) is 0 Å². The van der Waals surface area contributed by atoms with E-state index in [1.54, 1.807) is 0 Å². The van der Waals surface area contributed by atoms with Gasteiger partial charge < -0.3 is 14.6 Å². The molecule has 5 heteroatoms. The van der Waals surface area contributed by atoms with Crippen molar-refractivity contribution < 1.29 is 9.26 Å². The summed E-state index contributed by atoms with van der Waals surface area (Å²) in [5, 5.41) is 7.55. The summed E-state index contributed by atoms with van der Waals surface area (Å²) < 4.78 is 11.0. The zero-order chi connectivity index (χ0) is 13.1. The van der Waals surface area contributed by atoms with Gasteiger partial charge in [-0.05, 0) is 25.7 Å². The van der Waals surface area contributed by atoms with Crippen molar-refractivity contribution in [1.29, 1.82) is 0 Å². The van der Waals surface area contributed by atoms with E-state index in [1.807, 2.05) is 6.92 Å². The SMILES string of the molecule is Cc1nc(CCNC2CCOC3(CCCC3)C2)no1. The van der Waals surface area contributed by atoms with Gasteiger partial charge in [-0.2, -0.15) is 4.98 Å². The van der Waals surface area contributed by atoms with Crippen LogP contribution >= 0.6 is 0 Å². The van der Waals surface area contributed by atoms with Gasteiger partial charge in [0.1, 0.15) is 0 Å². The predicted octanol–water partition coefficient (Wildman–Crippen LogP) is 2.00. The molecule has 1 spiro atoms. The molecule has 1 aliphatic carbocycles. The lowest BCUT2D eigenvalue weighted by Gasteiger charge is -2.38. The van der Waals surface area contributed by atoms with Gasteiger partial charge in [0.15, 0.2) is 5.82 Å². The summed E-state index contributed by atoms with van der Waals surface area (Å²) in [5.74, 6) is 1.44. The maximum Gasteiger partial charge on any atom is 0.223 e. The molecule has 0 aromatic carbocycles. The second-order valence-corrected chi connectivity index (χ2v) is 5.86. The Morgan fingerprint density at radius 2 is 2.21 bits per heavy atom. The summed E-state index contributed by atoms with van der Waals surface area (Å²) in [5.41, 5.74) is 0.193. The van der Waals surface area contributed by atoms with E-state index in [1.165, 1.54) is 25.7 Å². The first kappa shape index (κ1) is 13.1. The number of hydrogen-bond donors (Lipinski definition) is 1. The minimum absolute atomic E-state index is 0.193. The van der Waals surface area contributed by atoms with Gasteiger partial charge in [-0.25, -0.2) is 0 Å². The molecule has 3 rings (SSSR count). The summed E-state index contributed by atoms with van der Waals surface area (Å²) in [6, 6.07) is 0.583. The molecule has 2 aliphatic rings. The van der Waals surface area contributed by atoms with Crippen molar-refractivity contribution in [2.24, 2.45) is 0 Å². The largest absolute Gasteiger partial charge is 0.375 e. The maximum atomic E-state index is 6.04. The zero-order valence-electron chi connectivity index (χ0n) is 11.7. The molecule has 0 radical (unpaired) electrons. The van der Waals surface area contributed by atoms with Crippen LogP contribution in [-0.4, -0.2) is 34.9 Å². The highest BCUT2D eigenvalue weighted by Crippen LogP contribution is 2.39. The van der Waals surface area contributed by atoms with Crippen LogP contribution in [-0.2, 0) is 11.2 Å². The Labute approximate surface area is 114 Å². The van der Waals surface area contributed by atoms with Gasteiger partial charge in [0.05, 0.1) is 5.60 Å². The Balaban J connectivity index is 1.45. The number of ether oxygens (including phenoxy) is 1. The van der Waals surface area contributed by atoms with Crippen LogP contribution < -0.4 is 5.32 Å². The quantitative estimate of drug-likeness (QED) is 0.902. The fraction of sp³-hybridized carbons (Fsp3) is 0.857. The lowest BCUT2D eigenvalue weighted by molar-refractivity contribution is -0.0834. The van der Waals surface area contributed by atoms with Crippen molar-refractivity contribution in [2.45, 2.75) is 63.5 Å². The van der Waals surface area contributed by atoms with Crippen LogP contribution in [0.2, 0.25) is 0 Å². The van der Waals surface area contributed by atoms with Crippen molar-refractivity contribution in [3.05, 3.63) is 11.7 Å². The molecule has 1 atom stereocenters. The Morgan fingerprint density at radius 3 is 2.95 bits per heavy atom. The average molecular weight is 265 g/mol. The lowest BCUT2D eigenvalue weighted by atomic mass is 9.89. The second kappa shape index (κ2) is 5.59. The van der Waals surface area contributed by atoms with Crippen molar-refractivity contribution in [1.82, 2.24) is 15.5 Å². The molecule has 5 nitrogen and oxygen atoms in total. The minimum Gasteiger partial charge on any atom is -0.375 e. The third-order valence-corrected chi connectivity index (χ3v) is 4.36. The molecule has 19 heavy (non-hydrogen) atoms. The van der Waals surface area contributed by atoms with Gasteiger partial charge in [0, 0.05) is 32.5 Å². The first-order chi connectivity index (χ1) is 9.26. The first-order valence-electron chi connectivity index (χ1n) is 7.42. The van der Waals surface area contributed by atoms with E-state index in [0.29, 0.717) is 11.9 Å². The molecule has 1 aromatic heterocycles. The normalized spacial score (nSPS) is 26.1. The highest BCUT2D eigenvalue weighted by Gasteiger charge is 2.39. The summed E-state index contributed by atoms with van der Waals surface area (Å²) >= 11 is 0. The molecule has 1 unspecified atom stereocenters.